The lowest BCUT2D eigenvalue weighted by Crippen LogP contribution is -2.26. The highest BCUT2D eigenvalue weighted by atomic mass is 79.9. The number of nitrogens with zero attached hydrogens (tertiary/aromatic N) is 2. The average molecular weight is 361 g/mol. The third-order valence-corrected chi connectivity index (χ3v) is 3.78. The first kappa shape index (κ1) is 14.6. The number of nitrogens with one attached hydrogen (secondary N) is 1. The van der Waals surface area contributed by atoms with Crippen LogP contribution in [0.4, 0.5) is 5.95 Å². The predicted molar refractivity (Wildman–Crippen MR) is 89.4 cm³/mol. The van der Waals surface area contributed by atoms with E-state index in [0.717, 1.165) is 4.47 Å². The minimum atomic E-state index is -0.204. The molecule has 0 atom stereocenters. The molecule has 0 saturated heterocycles. The molecule has 2 aromatic carbocycles. The number of halogens is 1. The maximum absolute atomic E-state index is 12.8. The van der Waals surface area contributed by atoms with Gasteiger partial charge in [-0.1, -0.05) is 15.9 Å². The zero-order valence-corrected chi connectivity index (χ0v) is 13.3. The largest absolute Gasteiger partial charge is 0.497 e. The molecule has 7 heteroatoms. The first-order valence-corrected chi connectivity index (χ1v) is 7.26. The third-order valence-electron chi connectivity index (χ3n) is 3.29. The van der Waals surface area contributed by atoms with E-state index in [4.69, 9.17) is 10.6 Å². The highest BCUT2D eigenvalue weighted by Gasteiger charge is 2.12. The smallest absolute Gasteiger partial charge is 0.267 e. The summed E-state index contributed by atoms with van der Waals surface area (Å²) in [5.74, 6) is 6.50. The fourth-order valence-corrected chi connectivity index (χ4v) is 2.59. The summed E-state index contributed by atoms with van der Waals surface area (Å²) in [6.07, 6.45) is 0. The molecule has 1 heterocycles. The minimum Gasteiger partial charge on any atom is -0.497 e. The molecule has 3 N–H and O–H groups in total. The number of fused-ring (bicyclic) bond motifs is 1. The molecule has 0 amide bonds. The molecule has 0 unspecified atom stereocenters. The minimum absolute atomic E-state index is 0.204. The Kier molecular flexibility index (Phi) is 3.82. The second-order valence-electron chi connectivity index (χ2n) is 4.58. The number of nitrogen functional groups attached to an aromatic ring is 1. The van der Waals surface area contributed by atoms with E-state index in [1.165, 1.54) is 4.57 Å². The molecule has 22 heavy (non-hydrogen) atoms. The molecule has 0 aliphatic heterocycles. The molecule has 1 aromatic heterocycles. The number of rotatable bonds is 3. The molecule has 0 saturated carbocycles. The monoisotopic (exact) mass is 360 g/mol. The number of aromatic nitrogens is 2. The second-order valence-corrected chi connectivity index (χ2v) is 5.50. The Morgan fingerprint density at radius 2 is 1.95 bits per heavy atom. The molecule has 0 fully saturated rings. The molecular formula is C15H13BrN4O2. The van der Waals surface area contributed by atoms with Gasteiger partial charge < -0.3 is 4.74 Å². The first-order chi connectivity index (χ1) is 10.6. The molecule has 3 aromatic rings. The zero-order chi connectivity index (χ0) is 15.7. The summed E-state index contributed by atoms with van der Waals surface area (Å²) >= 11 is 3.37. The summed E-state index contributed by atoms with van der Waals surface area (Å²) in [5, 5.41) is 0.504. The van der Waals surface area contributed by atoms with Gasteiger partial charge in [-0.15, -0.1) is 0 Å². The lowest BCUT2D eigenvalue weighted by atomic mass is 10.2. The van der Waals surface area contributed by atoms with Crippen molar-refractivity contribution in [2.45, 2.75) is 0 Å². The van der Waals surface area contributed by atoms with Gasteiger partial charge in [-0.3, -0.25) is 10.2 Å². The van der Waals surface area contributed by atoms with Crippen LogP contribution in [-0.4, -0.2) is 16.7 Å². The van der Waals surface area contributed by atoms with E-state index in [1.54, 1.807) is 43.5 Å². The van der Waals surface area contributed by atoms with Crippen molar-refractivity contribution in [2.75, 3.05) is 12.5 Å². The van der Waals surface area contributed by atoms with Gasteiger partial charge in [0.1, 0.15) is 5.75 Å². The Balaban J connectivity index is 2.30. The van der Waals surface area contributed by atoms with Crippen LogP contribution in [0.1, 0.15) is 0 Å². The van der Waals surface area contributed by atoms with Crippen LogP contribution in [-0.2, 0) is 0 Å². The predicted octanol–water partition coefficient (Wildman–Crippen LogP) is 2.44. The SMILES string of the molecule is COc1ccc(-n2c(NN)nc3ccc(Br)cc3c2=O)cc1. The molecule has 0 radical (unpaired) electrons. The topological polar surface area (TPSA) is 82.2 Å². The number of hydrazine groups is 1. The van der Waals surface area contributed by atoms with Crippen LogP contribution in [0.5, 0.6) is 5.75 Å². The number of methoxy groups -OCH3 is 1. The van der Waals surface area contributed by atoms with Crippen LogP contribution in [0.15, 0.2) is 51.7 Å². The normalized spacial score (nSPS) is 10.7. The molecule has 3 rings (SSSR count). The number of benzene rings is 2. The Morgan fingerprint density at radius 1 is 1.23 bits per heavy atom. The summed E-state index contributed by atoms with van der Waals surface area (Å²) in [6.45, 7) is 0. The van der Waals surface area contributed by atoms with Gasteiger partial charge in [-0.2, -0.15) is 0 Å². The molecule has 6 nitrogen and oxygen atoms in total. The first-order valence-electron chi connectivity index (χ1n) is 6.47. The molecule has 0 aliphatic carbocycles. The quantitative estimate of drug-likeness (QED) is 0.553. The number of anilines is 1. The molecule has 0 aliphatic rings. The van der Waals surface area contributed by atoms with Crippen molar-refractivity contribution in [3.8, 4) is 11.4 Å². The van der Waals surface area contributed by atoms with Crippen molar-refractivity contribution >= 4 is 32.8 Å². The van der Waals surface area contributed by atoms with Crippen LogP contribution in [0.25, 0.3) is 16.6 Å². The van der Waals surface area contributed by atoms with Crippen molar-refractivity contribution in [1.82, 2.24) is 9.55 Å². The molecule has 0 bridgehead atoms. The van der Waals surface area contributed by atoms with Gasteiger partial charge in [0, 0.05) is 4.47 Å². The van der Waals surface area contributed by atoms with E-state index in [0.29, 0.717) is 22.3 Å². The maximum atomic E-state index is 12.8. The van der Waals surface area contributed by atoms with Crippen molar-refractivity contribution in [1.29, 1.82) is 0 Å². The van der Waals surface area contributed by atoms with Crippen molar-refractivity contribution in [3.05, 3.63) is 57.3 Å². The highest BCUT2D eigenvalue weighted by molar-refractivity contribution is 9.10. The van der Waals surface area contributed by atoms with Crippen LogP contribution in [0.2, 0.25) is 0 Å². The van der Waals surface area contributed by atoms with Gasteiger partial charge >= 0.3 is 0 Å². The van der Waals surface area contributed by atoms with Crippen LogP contribution >= 0.6 is 15.9 Å². The average Bonchev–Trinajstić information content (AvgIpc) is 2.55. The number of ether oxygens (including phenoxy) is 1. The summed E-state index contributed by atoms with van der Waals surface area (Å²) in [7, 11) is 1.59. The van der Waals surface area contributed by atoms with Gasteiger partial charge in [-0.05, 0) is 42.5 Å². The van der Waals surface area contributed by atoms with E-state index in [9.17, 15) is 4.79 Å². The fraction of sp³-hybridized carbons (Fsp3) is 0.0667. The summed E-state index contributed by atoms with van der Waals surface area (Å²) < 4.78 is 7.37. The standard InChI is InChI=1S/C15H13BrN4O2/c1-22-11-5-3-10(4-6-11)20-14(21)12-8-9(16)2-7-13(12)18-15(20)19-17/h2-8H,17H2,1H3,(H,18,19). The number of hydrogen-bond acceptors (Lipinski definition) is 5. The number of nitrogens with two attached hydrogens (primary N) is 1. The molecule has 112 valence electrons. The maximum Gasteiger partial charge on any atom is 0.267 e. The van der Waals surface area contributed by atoms with Gasteiger partial charge in [-0.25, -0.2) is 15.4 Å². The van der Waals surface area contributed by atoms with Crippen molar-refractivity contribution < 1.29 is 4.74 Å². The second kappa shape index (κ2) is 5.78. The van der Waals surface area contributed by atoms with Crippen molar-refractivity contribution in [3.63, 3.8) is 0 Å². The van der Waals surface area contributed by atoms with Crippen LogP contribution < -0.4 is 21.6 Å². The lowest BCUT2D eigenvalue weighted by molar-refractivity contribution is 0.414. The fourth-order valence-electron chi connectivity index (χ4n) is 2.23. The number of hydrogen-bond donors (Lipinski definition) is 2. The molecule has 0 spiro atoms. The van der Waals surface area contributed by atoms with Crippen LogP contribution in [0, 0.1) is 0 Å². The van der Waals surface area contributed by atoms with Gasteiger partial charge in [0.2, 0.25) is 5.95 Å². The summed E-state index contributed by atoms with van der Waals surface area (Å²) in [4.78, 5) is 17.2. The Labute approximate surface area is 134 Å². The van der Waals surface area contributed by atoms with E-state index in [1.807, 2.05) is 6.07 Å². The zero-order valence-electron chi connectivity index (χ0n) is 11.7. The van der Waals surface area contributed by atoms with E-state index in [-0.39, 0.29) is 11.5 Å². The third kappa shape index (κ3) is 2.44. The Bertz CT molecular complexity index is 890. The summed E-state index contributed by atoms with van der Waals surface area (Å²) in [5.41, 5.74) is 3.50. The van der Waals surface area contributed by atoms with Gasteiger partial charge in [0.05, 0.1) is 23.7 Å². The van der Waals surface area contributed by atoms with Gasteiger partial charge in [0.15, 0.2) is 0 Å². The Morgan fingerprint density at radius 3 is 2.59 bits per heavy atom. The summed E-state index contributed by atoms with van der Waals surface area (Å²) in [6, 6.07) is 12.4. The lowest BCUT2D eigenvalue weighted by Gasteiger charge is -2.13. The highest BCUT2D eigenvalue weighted by Crippen LogP contribution is 2.20. The van der Waals surface area contributed by atoms with E-state index >= 15 is 0 Å². The van der Waals surface area contributed by atoms with Crippen LogP contribution in [0.3, 0.4) is 0 Å². The Hall–Kier alpha value is -2.38. The van der Waals surface area contributed by atoms with E-state index < -0.39 is 0 Å². The van der Waals surface area contributed by atoms with E-state index in [2.05, 4.69) is 26.3 Å². The van der Waals surface area contributed by atoms with Gasteiger partial charge in [0.25, 0.3) is 5.56 Å². The molecular weight excluding hydrogens is 348 g/mol. The van der Waals surface area contributed by atoms with Crippen molar-refractivity contribution in [2.24, 2.45) is 5.84 Å².